The van der Waals surface area contributed by atoms with Gasteiger partial charge in [0.25, 0.3) is 0 Å². The van der Waals surface area contributed by atoms with Crippen LogP contribution >= 0.6 is 0 Å². The normalized spacial score (nSPS) is 13.0. The number of methoxy groups -OCH3 is 1. The summed E-state index contributed by atoms with van der Waals surface area (Å²) in [6.07, 6.45) is -0.966. The Labute approximate surface area is 102 Å². The third-order valence-electron chi connectivity index (χ3n) is 2.44. The van der Waals surface area contributed by atoms with Crippen LogP contribution in [0.25, 0.3) is 0 Å². The summed E-state index contributed by atoms with van der Waals surface area (Å²) in [7, 11) is 3.04. The van der Waals surface area contributed by atoms with Crippen molar-refractivity contribution in [3.63, 3.8) is 0 Å². The van der Waals surface area contributed by atoms with Crippen LogP contribution in [0.3, 0.4) is 0 Å². The van der Waals surface area contributed by atoms with E-state index in [1.54, 1.807) is 13.8 Å². The first kappa shape index (κ1) is 15.9. The van der Waals surface area contributed by atoms with Crippen molar-refractivity contribution in [3.05, 3.63) is 0 Å². The number of carbonyl (C=O) groups excluding carboxylic acids is 2. The second-order valence-corrected chi connectivity index (χ2v) is 4.54. The molecule has 0 spiro atoms. The van der Waals surface area contributed by atoms with Gasteiger partial charge in [0.1, 0.15) is 6.10 Å². The fraction of sp³-hybridized carbons (Fsp3) is 0.818. The Kier molecular flexibility index (Phi) is 6.75. The Bertz CT molecular complexity index is 266. The minimum Gasteiger partial charge on any atom is -0.384 e. The zero-order valence-corrected chi connectivity index (χ0v) is 10.9. The minimum atomic E-state index is -1.16. The van der Waals surface area contributed by atoms with Crippen LogP contribution < -0.4 is 10.6 Å². The molecule has 0 aliphatic carbocycles. The van der Waals surface area contributed by atoms with Gasteiger partial charge in [0, 0.05) is 32.5 Å². The van der Waals surface area contributed by atoms with Gasteiger partial charge < -0.3 is 20.5 Å². The summed E-state index contributed by atoms with van der Waals surface area (Å²) in [5.41, 5.74) is -0.661. The number of carbonyl (C=O) groups is 2. The maximum Gasteiger partial charge on any atom is 0.249 e. The zero-order chi connectivity index (χ0) is 13.5. The summed E-state index contributed by atoms with van der Waals surface area (Å²) in [5, 5.41) is 14.8. The van der Waals surface area contributed by atoms with Gasteiger partial charge >= 0.3 is 0 Å². The molecule has 17 heavy (non-hydrogen) atoms. The van der Waals surface area contributed by atoms with Crippen molar-refractivity contribution in [3.8, 4) is 0 Å². The van der Waals surface area contributed by atoms with Crippen LogP contribution in [-0.4, -0.2) is 50.3 Å². The Morgan fingerprint density at radius 1 is 1.41 bits per heavy atom. The number of rotatable bonds is 7. The number of aliphatic hydroxyl groups is 1. The molecule has 3 N–H and O–H groups in total. The lowest BCUT2D eigenvalue weighted by Crippen LogP contribution is -2.46. The van der Waals surface area contributed by atoms with Crippen LogP contribution in [-0.2, 0) is 14.3 Å². The first-order valence-electron chi connectivity index (χ1n) is 5.50. The smallest absolute Gasteiger partial charge is 0.249 e. The average Bonchev–Trinajstić information content (AvgIpc) is 2.27. The highest BCUT2D eigenvalue weighted by molar-refractivity contribution is 5.82. The summed E-state index contributed by atoms with van der Waals surface area (Å²) >= 11 is 0. The average molecular weight is 246 g/mol. The molecule has 2 amide bonds. The van der Waals surface area contributed by atoms with Gasteiger partial charge in [-0.3, -0.25) is 9.59 Å². The summed E-state index contributed by atoms with van der Waals surface area (Å²) in [6, 6.07) is 0. The molecule has 1 atom stereocenters. The van der Waals surface area contributed by atoms with Gasteiger partial charge in [-0.2, -0.15) is 0 Å². The number of hydrogen-bond donors (Lipinski definition) is 3. The molecule has 100 valence electrons. The van der Waals surface area contributed by atoms with Gasteiger partial charge in [0.2, 0.25) is 11.8 Å². The van der Waals surface area contributed by atoms with Gasteiger partial charge in [-0.05, 0) is 0 Å². The lowest BCUT2D eigenvalue weighted by molar-refractivity contribution is -0.137. The molecule has 0 aromatic carbocycles. The van der Waals surface area contributed by atoms with Crippen LogP contribution in [0.1, 0.15) is 20.3 Å². The van der Waals surface area contributed by atoms with E-state index in [-0.39, 0.29) is 25.5 Å². The summed E-state index contributed by atoms with van der Waals surface area (Å²) in [6.45, 7) is 3.95. The Morgan fingerprint density at radius 2 is 2.00 bits per heavy atom. The largest absolute Gasteiger partial charge is 0.384 e. The highest BCUT2D eigenvalue weighted by Gasteiger charge is 2.33. The van der Waals surface area contributed by atoms with Gasteiger partial charge in [-0.1, -0.05) is 13.8 Å². The molecule has 0 aliphatic heterocycles. The second kappa shape index (κ2) is 7.24. The molecule has 0 aromatic heterocycles. The quantitative estimate of drug-likeness (QED) is 0.553. The van der Waals surface area contributed by atoms with E-state index in [2.05, 4.69) is 10.6 Å². The van der Waals surface area contributed by atoms with Gasteiger partial charge in [0.15, 0.2) is 0 Å². The van der Waals surface area contributed by atoms with Crippen molar-refractivity contribution >= 4 is 11.8 Å². The van der Waals surface area contributed by atoms with E-state index < -0.39 is 17.4 Å². The predicted molar refractivity (Wildman–Crippen MR) is 63.4 cm³/mol. The van der Waals surface area contributed by atoms with E-state index in [0.717, 1.165) is 0 Å². The van der Waals surface area contributed by atoms with Gasteiger partial charge in [0.05, 0.1) is 6.61 Å². The topological polar surface area (TPSA) is 87.7 Å². The fourth-order valence-electron chi connectivity index (χ4n) is 1.33. The first-order chi connectivity index (χ1) is 7.85. The third kappa shape index (κ3) is 5.65. The van der Waals surface area contributed by atoms with E-state index in [4.69, 9.17) is 4.74 Å². The zero-order valence-electron chi connectivity index (χ0n) is 10.9. The van der Waals surface area contributed by atoms with Crippen molar-refractivity contribution in [2.75, 3.05) is 27.3 Å². The van der Waals surface area contributed by atoms with E-state index in [9.17, 15) is 14.7 Å². The van der Waals surface area contributed by atoms with E-state index in [0.29, 0.717) is 0 Å². The van der Waals surface area contributed by atoms with Crippen LogP contribution in [0.5, 0.6) is 0 Å². The van der Waals surface area contributed by atoms with Crippen LogP contribution in [0.4, 0.5) is 0 Å². The third-order valence-corrected chi connectivity index (χ3v) is 2.44. The highest BCUT2D eigenvalue weighted by Crippen LogP contribution is 2.20. The number of hydrogen-bond acceptors (Lipinski definition) is 4. The molecular formula is C11H22N2O4. The molecule has 0 bridgehead atoms. The molecule has 0 fully saturated rings. The molecule has 0 rings (SSSR count). The Morgan fingerprint density at radius 3 is 2.47 bits per heavy atom. The predicted octanol–water partition coefficient (Wildman–Crippen LogP) is -0.728. The summed E-state index contributed by atoms with van der Waals surface area (Å²) < 4.78 is 4.93. The Hall–Kier alpha value is -1.14. The molecule has 0 heterocycles. The molecule has 0 aromatic rings. The van der Waals surface area contributed by atoms with Crippen LogP contribution in [0, 0.1) is 5.41 Å². The number of amides is 2. The first-order valence-corrected chi connectivity index (χ1v) is 5.50. The number of aliphatic hydroxyl groups excluding tert-OH is 1. The van der Waals surface area contributed by atoms with Gasteiger partial charge in [-0.25, -0.2) is 0 Å². The SMILES string of the molecule is CNC(=O)CCNC(=O)[C@H](O)C(C)(C)COC. The second-order valence-electron chi connectivity index (χ2n) is 4.54. The molecular weight excluding hydrogens is 224 g/mol. The summed E-state index contributed by atoms with van der Waals surface area (Å²) in [5.74, 6) is -0.646. The molecule has 6 heteroatoms. The van der Waals surface area contributed by atoms with Crippen LogP contribution in [0.15, 0.2) is 0 Å². The van der Waals surface area contributed by atoms with Crippen molar-refractivity contribution in [2.45, 2.75) is 26.4 Å². The number of ether oxygens (including phenoxy) is 1. The van der Waals surface area contributed by atoms with Gasteiger partial charge in [-0.15, -0.1) is 0 Å². The maximum atomic E-state index is 11.6. The monoisotopic (exact) mass is 246 g/mol. The van der Waals surface area contributed by atoms with Crippen molar-refractivity contribution in [1.82, 2.24) is 10.6 Å². The van der Waals surface area contributed by atoms with Crippen molar-refractivity contribution in [1.29, 1.82) is 0 Å². The molecule has 0 unspecified atom stereocenters. The molecule has 6 nitrogen and oxygen atoms in total. The standard InChI is InChI=1S/C11H22N2O4/c1-11(2,7-17-4)9(15)10(16)13-6-5-8(14)12-3/h9,15H,5-7H2,1-4H3,(H,12,14)(H,13,16)/t9-/m0/s1. The van der Waals surface area contributed by atoms with Crippen molar-refractivity contribution in [2.24, 2.45) is 5.41 Å². The lowest BCUT2D eigenvalue weighted by Gasteiger charge is -2.28. The molecule has 0 saturated carbocycles. The van der Waals surface area contributed by atoms with Crippen molar-refractivity contribution < 1.29 is 19.4 Å². The molecule has 0 aliphatic rings. The van der Waals surface area contributed by atoms with Crippen LogP contribution in [0.2, 0.25) is 0 Å². The summed E-state index contributed by atoms with van der Waals surface area (Å²) in [4.78, 5) is 22.5. The molecule has 0 saturated heterocycles. The van der Waals surface area contributed by atoms with E-state index in [1.807, 2.05) is 0 Å². The minimum absolute atomic E-state index is 0.157. The maximum absolute atomic E-state index is 11.6. The Balaban J connectivity index is 4.09. The fourth-order valence-corrected chi connectivity index (χ4v) is 1.33. The van der Waals surface area contributed by atoms with E-state index >= 15 is 0 Å². The molecule has 0 radical (unpaired) electrons. The highest BCUT2D eigenvalue weighted by atomic mass is 16.5. The number of nitrogens with one attached hydrogen (secondary N) is 2. The van der Waals surface area contributed by atoms with E-state index in [1.165, 1.54) is 14.2 Å². The lowest BCUT2D eigenvalue weighted by atomic mass is 9.87.